The average molecular weight is 414 g/mol. The second-order valence-electron chi connectivity index (χ2n) is 7.22. The fraction of sp³-hybridized carbons (Fsp3) is 0.364. The molecule has 3 heterocycles. The van der Waals surface area contributed by atoms with E-state index in [4.69, 9.17) is 4.74 Å². The maximum absolute atomic E-state index is 12.7. The quantitative estimate of drug-likeness (QED) is 0.412. The number of nitrogens with zero attached hydrogens (tertiary/aromatic N) is 1. The summed E-state index contributed by atoms with van der Waals surface area (Å²) in [6.45, 7) is 4.48. The van der Waals surface area contributed by atoms with Gasteiger partial charge in [-0.25, -0.2) is 4.79 Å². The molecule has 28 heavy (non-hydrogen) atoms. The van der Waals surface area contributed by atoms with Crippen molar-refractivity contribution in [2.45, 2.75) is 46.1 Å². The van der Waals surface area contributed by atoms with Crippen molar-refractivity contribution in [2.75, 3.05) is 6.61 Å². The molecule has 0 radical (unpaired) electrons. The van der Waals surface area contributed by atoms with E-state index in [1.165, 1.54) is 39.5 Å². The van der Waals surface area contributed by atoms with Gasteiger partial charge in [0.05, 0.1) is 6.54 Å². The molecular formula is C22H23NO3S2. The fourth-order valence-corrected chi connectivity index (χ4v) is 5.60. The maximum Gasteiger partial charge on any atom is 0.348 e. The Kier molecular flexibility index (Phi) is 5.51. The van der Waals surface area contributed by atoms with Gasteiger partial charge in [0.25, 0.3) is 0 Å². The zero-order valence-electron chi connectivity index (χ0n) is 16.1. The van der Waals surface area contributed by atoms with Crippen LogP contribution in [0.4, 0.5) is 0 Å². The molecule has 1 aliphatic rings. The van der Waals surface area contributed by atoms with Gasteiger partial charge < -0.3 is 9.30 Å². The smallest absolute Gasteiger partial charge is 0.348 e. The number of ketones is 1. The number of ether oxygens (including phenoxy) is 1. The van der Waals surface area contributed by atoms with Crippen molar-refractivity contribution < 1.29 is 14.3 Å². The SMILES string of the molecule is Cc1cc(C(=O)COC(=O)c2cc3c(s2)CCCC3)c(C)n1Cc1cccs1. The van der Waals surface area contributed by atoms with Crippen molar-refractivity contribution in [2.24, 2.45) is 0 Å². The summed E-state index contributed by atoms with van der Waals surface area (Å²) in [5.41, 5.74) is 3.85. The molecule has 0 aromatic carbocycles. The van der Waals surface area contributed by atoms with Crippen LogP contribution in [0.3, 0.4) is 0 Å². The van der Waals surface area contributed by atoms with Crippen molar-refractivity contribution in [1.29, 1.82) is 0 Å². The minimum atomic E-state index is -0.389. The number of hydrogen-bond acceptors (Lipinski definition) is 5. The maximum atomic E-state index is 12.7. The lowest BCUT2D eigenvalue weighted by Gasteiger charge is -2.08. The summed E-state index contributed by atoms with van der Waals surface area (Å²) < 4.78 is 7.48. The van der Waals surface area contributed by atoms with Crippen molar-refractivity contribution in [3.8, 4) is 0 Å². The Labute approximate surface area is 172 Å². The first-order valence-electron chi connectivity index (χ1n) is 9.54. The second-order valence-corrected chi connectivity index (χ2v) is 9.38. The summed E-state index contributed by atoms with van der Waals surface area (Å²) in [4.78, 5) is 28.2. The summed E-state index contributed by atoms with van der Waals surface area (Å²) in [5.74, 6) is -0.541. The highest BCUT2D eigenvalue weighted by atomic mass is 32.1. The number of carbonyl (C=O) groups excluding carboxylic acids is 2. The summed E-state index contributed by atoms with van der Waals surface area (Å²) in [5, 5.41) is 2.05. The molecule has 0 N–H and O–H groups in total. The lowest BCUT2D eigenvalue weighted by atomic mass is 9.99. The van der Waals surface area contributed by atoms with Crippen LogP contribution in [0.2, 0.25) is 0 Å². The highest BCUT2D eigenvalue weighted by Gasteiger charge is 2.21. The Morgan fingerprint density at radius 1 is 1.18 bits per heavy atom. The first-order valence-corrected chi connectivity index (χ1v) is 11.2. The van der Waals surface area contributed by atoms with Gasteiger partial charge in [0, 0.05) is 26.7 Å². The highest BCUT2D eigenvalue weighted by Crippen LogP contribution is 2.30. The topological polar surface area (TPSA) is 48.3 Å². The lowest BCUT2D eigenvalue weighted by Crippen LogP contribution is -2.14. The van der Waals surface area contributed by atoms with Crippen LogP contribution in [0.1, 0.15) is 59.6 Å². The van der Waals surface area contributed by atoms with Gasteiger partial charge >= 0.3 is 5.97 Å². The zero-order chi connectivity index (χ0) is 19.7. The number of esters is 1. The first kappa shape index (κ1) is 19.2. The van der Waals surface area contributed by atoms with E-state index >= 15 is 0 Å². The molecule has 0 unspecified atom stereocenters. The standard InChI is InChI=1S/C22H23NO3S2/c1-14-10-18(15(2)23(14)12-17-7-5-9-27-17)19(24)13-26-22(25)21-11-16-6-3-4-8-20(16)28-21/h5,7,9-11H,3-4,6,8,12-13H2,1-2H3. The van der Waals surface area contributed by atoms with Crippen LogP contribution in [0.25, 0.3) is 0 Å². The van der Waals surface area contributed by atoms with E-state index < -0.39 is 0 Å². The van der Waals surface area contributed by atoms with Crippen LogP contribution in [0, 0.1) is 13.8 Å². The number of aromatic nitrogens is 1. The van der Waals surface area contributed by atoms with Gasteiger partial charge in [0.2, 0.25) is 5.78 Å². The van der Waals surface area contributed by atoms with Gasteiger partial charge in [-0.2, -0.15) is 0 Å². The minimum Gasteiger partial charge on any atom is -0.453 e. The lowest BCUT2D eigenvalue weighted by molar-refractivity contribution is 0.0479. The largest absolute Gasteiger partial charge is 0.453 e. The van der Waals surface area contributed by atoms with Crippen LogP contribution >= 0.6 is 22.7 Å². The number of carbonyl (C=O) groups is 2. The minimum absolute atomic E-state index is 0.153. The predicted molar refractivity (Wildman–Crippen MR) is 113 cm³/mol. The zero-order valence-corrected chi connectivity index (χ0v) is 17.8. The molecule has 6 heteroatoms. The van der Waals surface area contributed by atoms with E-state index in [-0.39, 0.29) is 18.4 Å². The summed E-state index contributed by atoms with van der Waals surface area (Å²) in [6, 6.07) is 7.96. The Morgan fingerprint density at radius 2 is 2.00 bits per heavy atom. The molecule has 0 fully saturated rings. The van der Waals surface area contributed by atoms with Gasteiger partial charge in [-0.15, -0.1) is 22.7 Å². The van der Waals surface area contributed by atoms with Gasteiger partial charge in [0.1, 0.15) is 4.88 Å². The molecule has 0 atom stereocenters. The first-order chi connectivity index (χ1) is 13.5. The van der Waals surface area contributed by atoms with Gasteiger partial charge in [0.15, 0.2) is 6.61 Å². The number of rotatable bonds is 6. The van der Waals surface area contributed by atoms with Gasteiger partial charge in [-0.1, -0.05) is 6.07 Å². The van der Waals surface area contributed by atoms with Crippen LogP contribution in [-0.4, -0.2) is 22.9 Å². The van der Waals surface area contributed by atoms with Crippen molar-refractivity contribution in [3.05, 3.63) is 66.8 Å². The van der Waals surface area contributed by atoms with Crippen LogP contribution < -0.4 is 0 Å². The Morgan fingerprint density at radius 3 is 2.75 bits per heavy atom. The van der Waals surface area contributed by atoms with Crippen LogP contribution in [0.5, 0.6) is 0 Å². The van der Waals surface area contributed by atoms with E-state index in [2.05, 4.69) is 16.0 Å². The molecule has 4 rings (SSSR count). The Bertz CT molecular complexity index is 988. The summed E-state index contributed by atoms with van der Waals surface area (Å²) in [6.07, 6.45) is 4.44. The van der Waals surface area contributed by atoms with E-state index in [0.717, 1.165) is 30.8 Å². The molecule has 4 nitrogen and oxygen atoms in total. The third kappa shape index (κ3) is 3.84. The molecule has 0 aliphatic heterocycles. The van der Waals surface area contributed by atoms with Crippen LogP contribution in [-0.2, 0) is 24.1 Å². The molecule has 146 valence electrons. The van der Waals surface area contributed by atoms with E-state index in [1.54, 1.807) is 11.3 Å². The number of Topliss-reactive ketones (excluding diaryl/α,β-unsaturated/α-hetero) is 1. The molecule has 3 aromatic heterocycles. The van der Waals surface area contributed by atoms with Crippen LogP contribution in [0.15, 0.2) is 29.6 Å². The molecule has 1 aliphatic carbocycles. The molecule has 0 bridgehead atoms. The van der Waals surface area contributed by atoms with Gasteiger partial charge in [-0.3, -0.25) is 4.79 Å². The number of hydrogen-bond donors (Lipinski definition) is 0. The number of thiophene rings is 2. The Balaban J connectivity index is 1.42. The van der Waals surface area contributed by atoms with E-state index in [0.29, 0.717) is 10.4 Å². The van der Waals surface area contributed by atoms with Crippen molar-refractivity contribution in [3.63, 3.8) is 0 Å². The van der Waals surface area contributed by atoms with Crippen molar-refractivity contribution >= 4 is 34.4 Å². The normalized spacial score (nSPS) is 13.4. The monoisotopic (exact) mass is 413 g/mol. The molecule has 0 spiro atoms. The van der Waals surface area contributed by atoms with E-state index in [1.807, 2.05) is 32.0 Å². The van der Waals surface area contributed by atoms with Gasteiger partial charge in [-0.05, 0) is 68.7 Å². The van der Waals surface area contributed by atoms with E-state index in [9.17, 15) is 9.59 Å². The summed E-state index contributed by atoms with van der Waals surface area (Å²) in [7, 11) is 0. The fourth-order valence-electron chi connectivity index (χ4n) is 3.76. The third-order valence-corrected chi connectivity index (χ3v) is 7.38. The summed E-state index contributed by atoms with van der Waals surface area (Å²) >= 11 is 3.22. The molecule has 0 amide bonds. The number of fused-ring (bicyclic) bond motifs is 1. The molecule has 0 saturated carbocycles. The molecular weight excluding hydrogens is 390 g/mol. The highest BCUT2D eigenvalue weighted by molar-refractivity contribution is 7.14. The Hall–Kier alpha value is -2.18. The van der Waals surface area contributed by atoms with Crippen molar-refractivity contribution in [1.82, 2.24) is 4.57 Å². The third-order valence-electron chi connectivity index (χ3n) is 5.30. The molecule has 0 saturated heterocycles. The number of aryl methyl sites for hydroxylation is 3. The average Bonchev–Trinajstić information content (AvgIpc) is 3.41. The predicted octanol–water partition coefficient (Wildman–Crippen LogP) is 5.19. The second kappa shape index (κ2) is 8.05. The molecule has 3 aromatic rings.